The minimum Gasteiger partial charge on any atom is -0.365 e. The normalized spacial score (nSPS) is 17.9. The Kier molecular flexibility index (Phi) is 5.06. The fourth-order valence-electron chi connectivity index (χ4n) is 3.78. The summed E-state index contributed by atoms with van der Waals surface area (Å²) in [5.41, 5.74) is 7.65. The van der Waals surface area contributed by atoms with Crippen molar-refractivity contribution in [1.29, 1.82) is 0 Å². The van der Waals surface area contributed by atoms with Gasteiger partial charge in [0.15, 0.2) is 0 Å². The molecule has 0 bridgehead atoms. The van der Waals surface area contributed by atoms with Crippen LogP contribution >= 0.6 is 11.3 Å². The molecule has 2 aliphatic rings. The van der Waals surface area contributed by atoms with E-state index in [1.807, 2.05) is 30.3 Å². The lowest BCUT2D eigenvalue weighted by Gasteiger charge is -2.13. The number of thiophene rings is 1. The molecule has 0 spiro atoms. The Hall–Kier alpha value is -3.20. The first-order chi connectivity index (χ1) is 13.9. The molecule has 0 radical (unpaired) electrons. The van der Waals surface area contributed by atoms with Gasteiger partial charge in [0.2, 0.25) is 5.91 Å². The number of nitrogens with one attached hydrogen (secondary N) is 2. The van der Waals surface area contributed by atoms with Crippen molar-refractivity contribution in [3.8, 4) is 0 Å². The third-order valence-electron chi connectivity index (χ3n) is 5.11. The summed E-state index contributed by atoms with van der Waals surface area (Å²) >= 11 is 1.33. The topological polar surface area (TPSA) is 122 Å². The Morgan fingerprint density at radius 1 is 1.21 bits per heavy atom. The third kappa shape index (κ3) is 3.73. The summed E-state index contributed by atoms with van der Waals surface area (Å²) in [6.07, 6.45) is 2.92. The van der Waals surface area contributed by atoms with E-state index >= 15 is 0 Å². The number of carbonyl (C=O) groups is 4. The summed E-state index contributed by atoms with van der Waals surface area (Å²) in [5.74, 6) is -1.58. The maximum absolute atomic E-state index is 12.6. The third-order valence-corrected chi connectivity index (χ3v) is 6.32. The van der Waals surface area contributed by atoms with E-state index in [0.29, 0.717) is 17.0 Å². The van der Waals surface area contributed by atoms with E-state index in [1.165, 1.54) is 11.3 Å². The molecule has 4 rings (SSSR count). The number of rotatable bonds is 6. The number of hydrogen-bond donors (Lipinski definition) is 3. The van der Waals surface area contributed by atoms with E-state index in [4.69, 9.17) is 5.73 Å². The lowest BCUT2D eigenvalue weighted by Crippen LogP contribution is -2.38. The summed E-state index contributed by atoms with van der Waals surface area (Å²) in [4.78, 5) is 51.1. The van der Waals surface area contributed by atoms with Crippen LogP contribution in [0.1, 0.15) is 32.8 Å². The largest absolute Gasteiger partial charge is 0.365 e. The summed E-state index contributed by atoms with van der Waals surface area (Å²) in [7, 11) is 0. The SMILES string of the molecule is NC(=O)c1c(NC(=O)CN2C(=O)N[C@@H](Cc3ccccc3)C2=O)sc2c1CCC2. The number of nitrogens with zero attached hydrogens (tertiary/aromatic N) is 1. The van der Waals surface area contributed by atoms with Crippen LogP contribution in [0.4, 0.5) is 9.80 Å². The fraction of sp³-hybridized carbons (Fsp3) is 0.300. The van der Waals surface area contributed by atoms with Gasteiger partial charge < -0.3 is 16.4 Å². The molecule has 1 aliphatic heterocycles. The molecule has 29 heavy (non-hydrogen) atoms. The van der Waals surface area contributed by atoms with Gasteiger partial charge in [0, 0.05) is 11.3 Å². The Morgan fingerprint density at radius 3 is 2.69 bits per heavy atom. The zero-order valence-electron chi connectivity index (χ0n) is 15.6. The van der Waals surface area contributed by atoms with Crippen LogP contribution < -0.4 is 16.4 Å². The van der Waals surface area contributed by atoms with E-state index < -0.39 is 36.3 Å². The molecule has 1 fully saturated rings. The maximum atomic E-state index is 12.6. The van der Waals surface area contributed by atoms with Crippen LogP contribution in [-0.2, 0) is 28.9 Å². The maximum Gasteiger partial charge on any atom is 0.325 e. The number of urea groups is 1. The standard InChI is InChI=1S/C20H20N4O4S/c21-17(26)16-12-7-4-8-14(12)29-18(16)23-15(25)10-24-19(27)13(22-20(24)28)9-11-5-2-1-3-6-11/h1-3,5-6,13H,4,7-10H2,(H2,21,26)(H,22,28)(H,23,25)/t13-/m0/s1. The first kappa shape index (κ1) is 19.1. The number of anilines is 1. The molecule has 2 aromatic rings. The zero-order chi connectivity index (χ0) is 20.5. The number of aryl methyl sites for hydroxylation is 1. The first-order valence-corrected chi connectivity index (χ1v) is 10.2. The summed E-state index contributed by atoms with van der Waals surface area (Å²) < 4.78 is 0. The van der Waals surface area contributed by atoms with Gasteiger partial charge in [0.25, 0.3) is 11.8 Å². The number of amides is 5. The zero-order valence-corrected chi connectivity index (χ0v) is 16.4. The number of hydrogen-bond acceptors (Lipinski definition) is 5. The van der Waals surface area contributed by atoms with Gasteiger partial charge in [-0.05, 0) is 30.4 Å². The van der Waals surface area contributed by atoms with Crippen molar-refractivity contribution in [3.63, 3.8) is 0 Å². The van der Waals surface area contributed by atoms with Crippen LogP contribution in [0.15, 0.2) is 30.3 Å². The molecular formula is C20H20N4O4S. The van der Waals surface area contributed by atoms with Crippen molar-refractivity contribution in [2.24, 2.45) is 5.73 Å². The second-order valence-corrected chi connectivity index (χ2v) is 8.20. The average molecular weight is 412 g/mol. The number of primary amides is 1. The van der Waals surface area contributed by atoms with E-state index in [9.17, 15) is 19.2 Å². The van der Waals surface area contributed by atoms with Gasteiger partial charge in [-0.3, -0.25) is 19.3 Å². The molecule has 1 aliphatic carbocycles. The van der Waals surface area contributed by atoms with E-state index in [2.05, 4.69) is 10.6 Å². The molecule has 1 aromatic carbocycles. The van der Waals surface area contributed by atoms with Crippen LogP contribution in [0.3, 0.4) is 0 Å². The second kappa shape index (κ2) is 7.67. The van der Waals surface area contributed by atoms with Crippen LogP contribution in [0, 0.1) is 0 Å². The van der Waals surface area contributed by atoms with Gasteiger partial charge in [0.05, 0.1) is 5.56 Å². The van der Waals surface area contributed by atoms with Crippen molar-refractivity contribution in [2.45, 2.75) is 31.7 Å². The van der Waals surface area contributed by atoms with Crippen LogP contribution in [0.5, 0.6) is 0 Å². The molecule has 1 atom stereocenters. The average Bonchev–Trinajstić information content (AvgIpc) is 3.32. The molecule has 1 aromatic heterocycles. The first-order valence-electron chi connectivity index (χ1n) is 9.34. The number of benzene rings is 1. The van der Waals surface area contributed by atoms with Crippen molar-refractivity contribution < 1.29 is 19.2 Å². The van der Waals surface area contributed by atoms with Gasteiger partial charge in [-0.25, -0.2) is 4.79 Å². The van der Waals surface area contributed by atoms with E-state index in [1.54, 1.807) is 0 Å². The smallest absolute Gasteiger partial charge is 0.325 e. The van der Waals surface area contributed by atoms with Gasteiger partial charge >= 0.3 is 6.03 Å². The highest BCUT2D eigenvalue weighted by Crippen LogP contribution is 2.38. The van der Waals surface area contributed by atoms with Crippen molar-refractivity contribution >= 4 is 40.1 Å². The van der Waals surface area contributed by atoms with Crippen LogP contribution in [0.25, 0.3) is 0 Å². The van der Waals surface area contributed by atoms with Crippen LogP contribution in [-0.4, -0.2) is 41.2 Å². The number of fused-ring (bicyclic) bond motifs is 1. The Morgan fingerprint density at radius 2 is 1.97 bits per heavy atom. The highest BCUT2D eigenvalue weighted by Gasteiger charge is 2.39. The lowest BCUT2D eigenvalue weighted by molar-refractivity contribution is -0.130. The molecule has 2 heterocycles. The number of nitrogens with two attached hydrogens (primary N) is 1. The summed E-state index contributed by atoms with van der Waals surface area (Å²) in [6.45, 7) is -0.420. The minimum atomic E-state index is -0.704. The number of imide groups is 1. The Balaban J connectivity index is 1.43. The van der Waals surface area contributed by atoms with Crippen molar-refractivity contribution in [1.82, 2.24) is 10.2 Å². The van der Waals surface area contributed by atoms with E-state index in [-0.39, 0.29) is 0 Å². The molecule has 1 saturated heterocycles. The highest BCUT2D eigenvalue weighted by atomic mass is 32.1. The number of carbonyl (C=O) groups excluding carboxylic acids is 4. The predicted octanol–water partition coefficient (Wildman–Crippen LogP) is 1.44. The summed E-state index contributed by atoms with van der Waals surface area (Å²) in [6, 6.07) is 8.02. The molecule has 5 amide bonds. The highest BCUT2D eigenvalue weighted by molar-refractivity contribution is 7.17. The Bertz CT molecular complexity index is 1000. The molecular weight excluding hydrogens is 392 g/mol. The second-order valence-electron chi connectivity index (χ2n) is 7.09. The van der Waals surface area contributed by atoms with Gasteiger partial charge in [-0.1, -0.05) is 30.3 Å². The quantitative estimate of drug-likeness (QED) is 0.622. The molecule has 4 N–H and O–H groups in total. The molecule has 0 unspecified atom stereocenters. The van der Waals surface area contributed by atoms with E-state index in [0.717, 1.165) is 40.2 Å². The predicted molar refractivity (Wildman–Crippen MR) is 108 cm³/mol. The molecule has 0 saturated carbocycles. The molecule has 150 valence electrons. The summed E-state index contributed by atoms with van der Waals surface area (Å²) in [5, 5.41) is 5.67. The fourth-order valence-corrected chi connectivity index (χ4v) is 5.09. The Labute approximate surface area is 171 Å². The van der Waals surface area contributed by atoms with Crippen molar-refractivity contribution in [2.75, 3.05) is 11.9 Å². The molecule has 9 heteroatoms. The van der Waals surface area contributed by atoms with Crippen LogP contribution in [0.2, 0.25) is 0 Å². The van der Waals surface area contributed by atoms with Crippen molar-refractivity contribution in [3.05, 3.63) is 51.9 Å². The van der Waals surface area contributed by atoms with Gasteiger partial charge in [-0.15, -0.1) is 11.3 Å². The van der Waals surface area contributed by atoms with Gasteiger partial charge in [0.1, 0.15) is 17.6 Å². The lowest BCUT2D eigenvalue weighted by atomic mass is 10.1. The minimum absolute atomic E-state index is 0.343. The molecule has 8 nitrogen and oxygen atoms in total. The monoisotopic (exact) mass is 412 g/mol. The van der Waals surface area contributed by atoms with Gasteiger partial charge in [-0.2, -0.15) is 0 Å².